The molecule has 2 heterocycles. The maximum atomic E-state index is 11.8. The van der Waals surface area contributed by atoms with Gasteiger partial charge in [-0.1, -0.05) is 5.57 Å². The number of allylic oxidation sites excluding steroid dienone is 1. The Hall–Kier alpha value is -0.870. The second-order valence-electron chi connectivity index (χ2n) is 4.90. The lowest BCUT2D eigenvalue weighted by atomic mass is 10.1. The first kappa shape index (κ1) is 11.6. The topological polar surface area (TPSA) is 35.6 Å². The first-order valence-corrected chi connectivity index (χ1v) is 6.05. The lowest BCUT2D eigenvalue weighted by Crippen LogP contribution is -2.61. The minimum Gasteiger partial charge on any atom is -0.337 e. The number of piperazine rings is 1. The highest BCUT2D eigenvalue weighted by atomic mass is 16.2. The van der Waals surface area contributed by atoms with Crippen LogP contribution in [-0.2, 0) is 4.79 Å². The van der Waals surface area contributed by atoms with Crippen molar-refractivity contribution in [3.63, 3.8) is 0 Å². The quantitative estimate of drug-likeness (QED) is 0.673. The maximum Gasteiger partial charge on any atom is 0.246 e. The summed E-state index contributed by atoms with van der Waals surface area (Å²) in [4.78, 5) is 16.2. The van der Waals surface area contributed by atoms with E-state index in [9.17, 15) is 4.79 Å². The van der Waals surface area contributed by atoms with Crippen molar-refractivity contribution in [3.8, 4) is 0 Å². The van der Waals surface area contributed by atoms with Crippen LogP contribution in [0.15, 0.2) is 11.6 Å². The predicted octanol–water partition coefficient (Wildman–Crippen LogP) is 0.0686. The molecule has 2 aliphatic heterocycles. The molecule has 2 saturated heterocycles. The molecule has 1 N–H and O–H groups in total. The van der Waals surface area contributed by atoms with Crippen LogP contribution in [0.3, 0.4) is 0 Å². The molecule has 4 nitrogen and oxygen atoms in total. The number of amides is 1. The van der Waals surface area contributed by atoms with E-state index in [2.05, 4.69) is 10.2 Å². The normalized spacial score (nSPS) is 22.8. The molecule has 0 spiro atoms. The molecule has 1 amide bonds. The summed E-state index contributed by atoms with van der Waals surface area (Å²) in [7, 11) is 0. The molecule has 0 bridgehead atoms. The Balaban J connectivity index is 1.80. The highest BCUT2D eigenvalue weighted by molar-refractivity contribution is 5.88. The summed E-state index contributed by atoms with van der Waals surface area (Å²) in [5.41, 5.74) is 1.08. The zero-order valence-corrected chi connectivity index (χ0v) is 10.2. The molecule has 0 radical (unpaired) electrons. The van der Waals surface area contributed by atoms with Crippen molar-refractivity contribution in [3.05, 3.63) is 11.6 Å². The standard InChI is InChI=1S/C12H21N3O/c1-10(2)7-12(16)15-5-3-14(4-6-15)11-8-13-9-11/h7,11,13H,3-6,8-9H2,1-2H3. The highest BCUT2D eigenvalue weighted by Gasteiger charge is 2.28. The van der Waals surface area contributed by atoms with E-state index in [1.165, 1.54) is 0 Å². The molecule has 0 atom stereocenters. The summed E-state index contributed by atoms with van der Waals surface area (Å²) in [5, 5.41) is 3.29. The molecule has 0 aromatic carbocycles. The molecule has 4 heteroatoms. The van der Waals surface area contributed by atoms with Gasteiger partial charge in [0.05, 0.1) is 0 Å². The van der Waals surface area contributed by atoms with Gasteiger partial charge >= 0.3 is 0 Å². The number of carbonyl (C=O) groups is 1. The summed E-state index contributed by atoms with van der Waals surface area (Å²) in [6.07, 6.45) is 1.74. The van der Waals surface area contributed by atoms with E-state index in [-0.39, 0.29) is 5.91 Å². The van der Waals surface area contributed by atoms with Crippen molar-refractivity contribution >= 4 is 5.91 Å². The lowest BCUT2D eigenvalue weighted by Gasteiger charge is -2.43. The van der Waals surface area contributed by atoms with Crippen molar-refractivity contribution in [2.75, 3.05) is 39.3 Å². The van der Waals surface area contributed by atoms with Crippen LogP contribution in [0.4, 0.5) is 0 Å². The molecule has 0 aromatic rings. The van der Waals surface area contributed by atoms with Crippen LogP contribution in [-0.4, -0.2) is 61.0 Å². The van der Waals surface area contributed by atoms with Gasteiger partial charge in [-0.25, -0.2) is 0 Å². The Labute approximate surface area is 97.3 Å². The van der Waals surface area contributed by atoms with E-state index >= 15 is 0 Å². The Bertz CT molecular complexity index is 285. The molecule has 0 saturated carbocycles. The van der Waals surface area contributed by atoms with Gasteiger partial charge in [-0.05, 0) is 13.8 Å². The summed E-state index contributed by atoms with van der Waals surface area (Å²) in [6.45, 7) is 9.95. The first-order valence-electron chi connectivity index (χ1n) is 6.05. The zero-order valence-electron chi connectivity index (χ0n) is 10.2. The molecule has 2 fully saturated rings. The van der Waals surface area contributed by atoms with Gasteiger partial charge in [0.15, 0.2) is 0 Å². The third-order valence-electron chi connectivity index (χ3n) is 3.31. The van der Waals surface area contributed by atoms with E-state index in [0.717, 1.165) is 44.8 Å². The van der Waals surface area contributed by atoms with Crippen molar-refractivity contribution in [2.24, 2.45) is 0 Å². The molecule has 2 rings (SSSR count). The van der Waals surface area contributed by atoms with Gasteiger partial charge in [0.25, 0.3) is 0 Å². The number of nitrogens with one attached hydrogen (secondary N) is 1. The monoisotopic (exact) mass is 223 g/mol. The second-order valence-corrected chi connectivity index (χ2v) is 4.90. The van der Waals surface area contributed by atoms with Gasteiger partial charge < -0.3 is 10.2 Å². The molecule has 0 unspecified atom stereocenters. The van der Waals surface area contributed by atoms with E-state index in [1.54, 1.807) is 6.08 Å². The van der Waals surface area contributed by atoms with Crippen LogP contribution < -0.4 is 5.32 Å². The fraction of sp³-hybridized carbons (Fsp3) is 0.750. The van der Waals surface area contributed by atoms with E-state index in [1.807, 2.05) is 18.7 Å². The van der Waals surface area contributed by atoms with Gasteiger partial charge in [-0.2, -0.15) is 0 Å². The number of hydrogen-bond acceptors (Lipinski definition) is 3. The van der Waals surface area contributed by atoms with Crippen molar-refractivity contribution in [1.82, 2.24) is 15.1 Å². The van der Waals surface area contributed by atoms with Crippen LogP contribution in [0.1, 0.15) is 13.8 Å². The van der Waals surface area contributed by atoms with E-state index in [4.69, 9.17) is 0 Å². The molecule has 0 aromatic heterocycles. The Morgan fingerprint density at radius 2 is 1.81 bits per heavy atom. The van der Waals surface area contributed by atoms with Gasteiger partial charge in [-0.15, -0.1) is 0 Å². The summed E-state index contributed by atoms with van der Waals surface area (Å²) >= 11 is 0. The molecular weight excluding hydrogens is 202 g/mol. The molecule has 16 heavy (non-hydrogen) atoms. The molecular formula is C12H21N3O. The smallest absolute Gasteiger partial charge is 0.246 e. The van der Waals surface area contributed by atoms with Crippen LogP contribution >= 0.6 is 0 Å². The minimum absolute atomic E-state index is 0.173. The van der Waals surface area contributed by atoms with Crippen molar-refractivity contribution < 1.29 is 4.79 Å². The van der Waals surface area contributed by atoms with Crippen molar-refractivity contribution in [1.29, 1.82) is 0 Å². The third-order valence-corrected chi connectivity index (χ3v) is 3.31. The molecule has 2 aliphatic rings. The summed E-state index contributed by atoms with van der Waals surface area (Å²) in [6, 6.07) is 0.709. The van der Waals surface area contributed by atoms with Crippen LogP contribution in [0.25, 0.3) is 0 Å². The van der Waals surface area contributed by atoms with E-state index < -0.39 is 0 Å². The number of hydrogen-bond donors (Lipinski definition) is 1. The Kier molecular flexibility index (Phi) is 3.61. The SMILES string of the molecule is CC(C)=CC(=O)N1CCN(C2CNC2)CC1. The third kappa shape index (κ3) is 2.62. The van der Waals surface area contributed by atoms with Gasteiger partial charge in [-0.3, -0.25) is 9.69 Å². The Morgan fingerprint density at radius 3 is 2.25 bits per heavy atom. The maximum absolute atomic E-state index is 11.8. The van der Waals surface area contributed by atoms with Gasteiger partial charge in [0.1, 0.15) is 0 Å². The molecule has 0 aliphatic carbocycles. The van der Waals surface area contributed by atoms with Crippen LogP contribution in [0, 0.1) is 0 Å². The minimum atomic E-state index is 0.173. The first-order chi connectivity index (χ1) is 7.66. The summed E-state index contributed by atoms with van der Waals surface area (Å²) < 4.78 is 0. The zero-order chi connectivity index (χ0) is 11.5. The highest BCUT2D eigenvalue weighted by Crippen LogP contribution is 2.10. The van der Waals surface area contributed by atoms with Crippen LogP contribution in [0.2, 0.25) is 0 Å². The lowest BCUT2D eigenvalue weighted by molar-refractivity contribution is -0.128. The molecule has 90 valence electrons. The average molecular weight is 223 g/mol. The summed E-state index contributed by atoms with van der Waals surface area (Å²) in [5.74, 6) is 0.173. The van der Waals surface area contributed by atoms with E-state index in [0.29, 0.717) is 6.04 Å². The largest absolute Gasteiger partial charge is 0.337 e. The van der Waals surface area contributed by atoms with Gasteiger partial charge in [0.2, 0.25) is 5.91 Å². The van der Waals surface area contributed by atoms with Gasteiger partial charge in [0, 0.05) is 51.4 Å². The second kappa shape index (κ2) is 4.97. The van der Waals surface area contributed by atoms with Crippen LogP contribution in [0.5, 0.6) is 0 Å². The number of rotatable bonds is 2. The number of carbonyl (C=O) groups excluding carboxylic acids is 1. The average Bonchev–Trinajstić information content (AvgIpc) is 2.15. The fourth-order valence-corrected chi connectivity index (χ4v) is 2.18. The predicted molar refractivity (Wildman–Crippen MR) is 64.2 cm³/mol. The Morgan fingerprint density at radius 1 is 1.19 bits per heavy atom. The van der Waals surface area contributed by atoms with Crippen molar-refractivity contribution in [2.45, 2.75) is 19.9 Å². The number of nitrogens with zero attached hydrogens (tertiary/aromatic N) is 2. The fourth-order valence-electron chi connectivity index (χ4n) is 2.18.